The largest absolute Gasteiger partial charge is 0.377 e. The molecule has 0 atom stereocenters. The number of carbonyl (C=O) groups excluding carboxylic acids is 1. The minimum Gasteiger partial charge on any atom is -0.377 e. The normalized spacial score (nSPS) is 16.0. The molecule has 2 rings (SSSR count). The minimum atomic E-state index is -3.43. The molecule has 128 valence electrons. The van der Waals surface area contributed by atoms with Gasteiger partial charge in [0.25, 0.3) is 5.91 Å². The van der Waals surface area contributed by atoms with Crippen LogP contribution in [0.25, 0.3) is 0 Å². The van der Waals surface area contributed by atoms with Gasteiger partial charge in [0.15, 0.2) is 0 Å². The van der Waals surface area contributed by atoms with Crippen molar-refractivity contribution in [1.29, 1.82) is 0 Å². The summed E-state index contributed by atoms with van der Waals surface area (Å²) in [4.78, 5) is 12.2. The van der Waals surface area contributed by atoms with Crippen LogP contribution in [0.4, 0.5) is 0 Å². The molecule has 1 aliphatic rings. The summed E-state index contributed by atoms with van der Waals surface area (Å²) in [6, 6.07) is 6.07. The molecule has 0 aliphatic carbocycles. The number of carbonyl (C=O) groups is 1. The molecule has 6 nitrogen and oxygen atoms in total. The van der Waals surface area contributed by atoms with E-state index in [-0.39, 0.29) is 16.9 Å². The van der Waals surface area contributed by atoms with E-state index in [0.29, 0.717) is 31.8 Å². The first-order valence-electron chi connectivity index (χ1n) is 7.91. The van der Waals surface area contributed by atoms with Crippen LogP contribution in [-0.2, 0) is 14.8 Å². The summed E-state index contributed by atoms with van der Waals surface area (Å²) < 4.78 is 31.6. The number of ether oxygens (including phenoxy) is 1. The van der Waals surface area contributed by atoms with Gasteiger partial charge in [0, 0.05) is 25.2 Å². The molecule has 23 heavy (non-hydrogen) atoms. The van der Waals surface area contributed by atoms with Crippen molar-refractivity contribution in [2.24, 2.45) is 0 Å². The monoisotopic (exact) mass is 340 g/mol. The van der Waals surface area contributed by atoms with Crippen LogP contribution >= 0.6 is 0 Å². The second kappa shape index (κ2) is 7.90. The second-order valence-corrected chi connectivity index (χ2v) is 7.75. The lowest BCUT2D eigenvalue weighted by atomic mass is 10.2. The zero-order valence-electron chi connectivity index (χ0n) is 13.6. The quantitative estimate of drug-likeness (QED) is 0.766. The molecule has 1 saturated heterocycles. The third-order valence-electron chi connectivity index (χ3n) is 3.66. The highest BCUT2D eigenvalue weighted by Gasteiger charge is 2.27. The molecular weight excluding hydrogens is 316 g/mol. The molecule has 1 aromatic rings. The topological polar surface area (TPSA) is 75.7 Å². The summed E-state index contributed by atoms with van der Waals surface area (Å²) >= 11 is 0. The van der Waals surface area contributed by atoms with Gasteiger partial charge in [-0.15, -0.1) is 0 Å². The highest BCUT2D eigenvalue weighted by molar-refractivity contribution is 7.89. The standard InChI is InChI=1S/C16H24N2O4S/c1-13(2)22-12-9-17-16(19)14-5-7-15(8-6-14)23(20,21)18-10-3-4-11-18/h5-8,13H,3-4,9-12H2,1-2H3,(H,17,19). The van der Waals surface area contributed by atoms with Crippen LogP contribution in [0.3, 0.4) is 0 Å². The molecule has 0 unspecified atom stereocenters. The highest BCUT2D eigenvalue weighted by Crippen LogP contribution is 2.21. The van der Waals surface area contributed by atoms with E-state index in [1.165, 1.54) is 16.4 Å². The number of hydrogen-bond acceptors (Lipinski definition) is 4. The smallest absolute Gasteiger partial charge is 0.251 e. The Morgan fingerprint density at radius 1 is 1.22 bits per heavy atom. The first-order valence-corrected chi connectivity index (χ1v) is 9.35. The maximum Gasteiger partial charge on any atom is 0.251 e. The Labute approximate surface area is 137 Å². The van der Waals surface area contributed by atoms with E-state index in [4.69, 9.17) is 4.74 Å². The zero-order chi connectivity index (χ0) is 16.9. The van der Waals surface area contributed by atoms with E-state index in [2.05, 4.69) is 5.32 Å². The number of nitrogens with one attached hydrogen (secondary N) is 1. The van der Waals surface area contributed by atoms with Crippen molar-refractivity contribution in [3.63, 3.8) is 0 Å². The van der Waals surface area contributed by atoms with E-state index in [0.717, 1.165) is 12.8 Å². The van der Waals surface area contributed by atoms with Gasteiger partial charge in [-0.1, -0.05) is 0 Å². The molecule has 1 aromatic carbocycles. The fourth-order valence-corrected chi connectivity index (χ4v) is 3.93. The molecule has 1 heterocycles. The minimum absolute atomic E-state index is 0.127. The fourth-order valence-electron chi connectivity index (χ4n) is 2.42. The summed E-state index contributed by atoms with van der Waals surface area (Å²) in [5.74, 6) is -0.234. The predicted octanol–water partition coefficient (Wildman–Crippen LogP) is 1.63. The van der Waals surface area contributed by atoms with Crippen molar-refractivity contribution in [2.45, 2.75) is 37.7 Å². The van der Waals surface area contributed by atoms with Crippen molar-refractivity contribution in [1.82, 2.24) is 9.62 Å². The molecule has 7 heteroatoms. The SMILES string of the molecule is CC(C)OCCNC(=O)c1ccc(S(=O)(=O)N2CCCC2)cc1. The Hall–Kier alpha value is -1.44. The second-order valence-electron chi connectivity index (χ2n) is 5.81. The van der Waals surface area contributed by atoms with Gasteiger partial charge >= 0.3 is 0 Å². The maximum absolute atomic E-state index is 12.4. The zero-order valence-corrected chi connectivity index (χ0v) is 14.4. The molecule has 0 aromatic heterocycles. The van der Waals surface area contributed by atoms with Crippen molar-refractivity contribution in [3.8, 4) is 0 Å². The van der Waals surface area contributed by atoms with Crippen LogP contribution in [0.15, 0.2) is 29.2 Å². The van der Waals surface area contributed by atoms with Crippen LogP contribution in [0.1, 0.15) is 37.0 Å². The van der Waals surface area contributed by atoms with Crippen molar-refractivity contribution in [2.75, 3.05) is 26.2 Å². The summed E-state index contributed by atoms with van der Waals surface area (Å²) in [6.45, 7) is 5.87. The van der Waals surface area contributed by atoms with Crippen LogP contribution in [0.2, 0.25) is 0 Å². The Morgan fingerprint density at radius 2 is 1.83 bits per heavy atom. The lowest BCUT2D eigenvalue weighted by Gasteiger charge is -2.15. The molecule has 1 aliphatic heterocycles. The molecule has 0 saturated carbocycles. The summed E-state index contributed by atoms with van der Waals surface area (Å²) in [6.07, 6.45) is 1.93. The molecule has 1 N–H and O–H groups in total. The Kier molecular flexibility index (Phi) is 6.15. The number of rotatable bonds is 7. The third-order valence-corrected chi connectivity index (χ3v) is 5.57. The van der Waals surface area contributed by atoms with Gasteiger partial charge < -0.3 is 10.1 Å². The Balaban J connectivity index is 1.95. The number of amides is 1. The van der Waals surface area contributed by atoms with Crippen molar-refractivity contribution >= 4 is 15.9 Å². The van der Waals surface area contributed by atoms with Crippen molar-refractivity contribution < 1.29 is 17.9 Å². The maximum atomic E-state index is 12.4. The summed E-state index contributed by atoms with van der Waals surface area (Å²) in [7, 11) is -3.43. The van der Waals surface area contributed by atoms with E-state index in [1.54, 1.807) is 12.1 Å². The van der Waals surface area contributed by atoms with Gasteiger partial charge in [0.1, 0.15) is 0 Å². The predicted molar refractivity (Wildman–Crippen MR) is 87.9 cm³/mol. The summed E-state index contributed by atoms with van der Waals surface area (Å²) in [5.41, 5.74) is 0.440. The van der Waals surface area contributed by atoms with E-state index >= 15 is 0 Å². The van der Waals surface area contributed by atoms with Crippen LogP contribution in [-0.4, -0.2) is 51.0 Å². The first kappa shape index (κ1) is 17.9. The first-order chi connectivity index (χ1) is 10.9. The molecule has 1 amide bonds. The number of nitrogens with zero attached hydrogens (tertiary/aromatic N) is 1. The molecule has 0 spiro atoms. The third kappa shape index (κ3) is 4.76. The van der Waals surface area contributed by atoms with E-state index < -0.39 is 10.0 Å². The van der Waals surface area contributed by atoms with Gasteiger partial charge in [0.05, 0.1) is 17.6 Å². The van der Waals surface area contributed by atoms with E-state index in [1.807, 2.05) is 13.8 Å². The van der Waals surface area contributed by atoms with Gasteiger partial charge in [-0.2, -0.15) is 4.31 Å². The number of benzene rings is 1. The summed E-state index contributed by atoms with van der Waals surface area (Å²) in [5, 5.41) is 2.74. The Morgan fingerprint density at radius 3 is 2.39 bits per heavy atom. The molecular formula is C16H24N2O4S. The van der Waals surface area contributed by atoms with Gasteiger partial charge in [0.2, 0.25) is 10.0 Å². The lowest BCUT2D eigenvalue weighted by molar-refractivity contribution is 0.0746. The molecule has 0 radical (unpaired) electrons. The molecule has 1 fully saturated rings. The fraction of sp³-hybridized carbons (Fsp3) is 0.562. The molecule has 0 bridgehead atoms. The van der Waals surface area contributed by atoms with Gasteiger partial charge in [-0.05, 0) is 51.0 Å². The van der Waals surface area contributed by atoms with Crippen LogP contribution in [0, 0.1) is 0 Å². The highest BCUT2D eigenvalue weighted by atomic mass is 32.2. The van der Waals surface area contributed by atoms with Gasteiger partial charge in [-0.3, -0.25) is 4.79 Å². The van der Waals surface area contributed by atoms with Crippen molar-refractivity contribution in [3.05, 3.63) is 29.8 Å². The number of sulfonamides is 1. The average Bonchev–Trinajstić information content (AvgIpc) is 3.06. The van der Waals surface area contributed by atoms with E-state index in [9.17, 15) is 13.2 Å². The Bertz CT molecular complexity index is 620. The van der Waals surface area contributed by atoms with Crippen LogP contribution in [0.5, 0.6) is 0 Å². The van der Waals surface area contributed by atoms with Gasteiger partial charge in [-0.25, -0.2) is 8.42 Å². The lowest BCUT2D eigenvalue weighted by Crippen LogP contribution is -2.29. The average molecular weight is 340 g/mol. The van der Waals surface area contributed by atoms with Crippen LogP contribution < -0.4 is 5.32 Å². The number of hydrogen-bond donors (Lipinski definition) is 1.